The van der Waals surface area contributed by atoms with Crippen LogP contribution in [0.25, 0.3) is 20.4 Å². The summed E-state index contributed by atoms with van der Waals surface area (Å²) in [4.78, 5) is 21.7. The maximum Gasteiger partial charge on any atom is 0.308 e. The van der Waals surface area contributed by atoms with Crippen molar-refractivity contribution in [1.82, 2.24) is 9.55 Å². The van der Waals surface area contributed by atoms with Gasteiger partial charge in [-0.2, -0.15) is 4.99 Å². The Morgan fingerprint density at radius 2 is 2.08 bits per heavy atom. The number of halogens is 1. The Balaban J connectivity index is 1.81. The van der Waals surface area contributed by atoms with Gasteiger partial charge in [-0.15, -0.1) is 11.3 Å². The van der Waals surface area contributed by atoms with E-state index >= 15 is 0 Å². The molecule has 4 rings (SSSR count). The third kappa shape index (κ3) is 3.18. The van der Waals surface area contributed by atoms with E-state index in [1.54, 1.807) is 13.2 Å². The second-order valence-electron chi connectivity index (χ2n) is 5.54. The van der Waals surface area contributed by atoms with Crippen LogP contribution in [0.15, 0.2) is 47.5 Å². The number of carbonyl (C=O) groups is 1. The number of thiazole rings is 2. The molecule has 0 bridgehead atoms. The fourth-order valence-corrected chi connectivity index (χ4v) is 4.56. The van der Waals surface area contributed by atoms with Crippen LogP contribution in [0.5, 0.6) is 0 Å². The van der Waals surface area contributed by atoms with Crippen molar-refractivity contribution in [3.63, 3.8) is 0 Å². The first kappa shape index (κ1) is 17.0. The molecule has 26 heavy (non-hydrogen) atoms. The number of nitrogens with zero attached hydrogens (tertiary/aromatic N) is 3. The molecule has 0 spiro atoms. The Morgan fingerprint density at radius 1 is 1.23 bits per heavy atom. The average molecular weight is 387 g/mol. The van der Waals surface area contributed by atoms with Gasteiger partial charge < -0.3 is 9.30 Å². The van der Waals surface area contributed by atoms with Gasteiger partial charge in [0.05, 0.1) is 27.0 Å². The molecule has 0 atom stereocenters. The van der Waals surface area contributed by atoms with Crippen LogP contribution >= 0.6 is 22.7 Å². The van der Waals surface area contributed by atoms with Crippen LogP contribution in [0, 0.1) is 5.82 Å². The molecule has 0 N–H and O–H groups in total. The predicted octanol–water partition coefficient (Wildman–Crippen LogP) is 3.84. The molecule has 2 aromatic carbocycles. The van der Waals surface area contributed by atoms with Gasteiger partial charge >= 0.3 is 5.91 Å². The van der Waals surface area contributed by atoms with Gasteiger partial charge in [0.2, 0.25) is 0 Å². The number of amides is 1. The molecule has 0 unspecified atom stereocenters. The Bertz CT molecular complexity index is 1140. The molecule has 8 heteroatoms. The smallest absolute Gasteiger partial charge is 0.308 e. The lowest BCUT2D eigenvalue weighted by molar-refractivity contribution is 0.0997. The van der Waals surface area contributed by atoms with E-state index < -0.39 is 5.91 Å². The zero-order valence-corrected chi connectivity index (χ0v) is 15.4. The summed E-state index contributed by atoms with van der Waals surface area (Å²) in [6, 6.07) is 12.1. The van der Waals surface area contributed by atoms with Gasteiger partial charge in [0.1, 0.15) is 5.82 Å². The highest BCUT2D eigenvalue weighted by atomic mass is 32.1. The van der Waals surface area contributed by atoms with E-state index in [4.69, 9.17) is 4.74 Å². The maximum absolute atomic E-state index is 13.5. The highest BCUT2D eigenvalue weighted by Crippen LogP contribution is 2.22. The Kier molecular flexibility index (Phi) is 4.62. The van der Waals surface area contributed by atoms with Crippen molar-refractivity contribution in [2.75, 3.05) is 13.7 Å². The number of methoxy groups -OCH3 is 1. The van der Waals surface area contributed by atoms with Crippen molar-refractivity contribution in [2.45, 2.75) is 6.54 Å². The normalized spacial score (nSPS) is 12.3. The van der Waals surface area contributed by atoms with Crippen LogP contribution in [0.1, 0.15) is 9.80 Å². The lowest BCUT2D eigenvalue weighted by Gasteiger charge is -2.03. The van der Waals surface area contributed by atoms with E-state index in [0.717, 1.165) is 20.4 Å². The van der Waals surface area contributed by atoms with E-state index in [9.17, 15) is 9.18 Å². The minimum absolute atomic E-state index is 0.318. The van der Waals surface area contributed by atoms with Crippen LogP contribution in [0.3, 0.4) is 0 Å². The molecular formula is C18H14FN3O2S2. The SMILES string of the molecule is COCCn1c(=NC(=O)c2nc3ccccc3s2)sc2cc(F)ccc21. The van der Waals surface area contributed by atoms with Crippen LogP contribution in [-0.4, -0.2) is 29.2 Å². The molecule has 0 saturated carbocycles. The van der Waals surface area contributed by atoms with Gasteiger partial charge in [-0.05, 0) is 30.3 Å². The zero-order chi connectivity index (χ0) is 18.1. The topological polar surface area (TPSA) is 56.5 Å². The fraction of sp³-hybridized carbons (Fsp3) is 0.167. The second kappa shape index (κ2) is 7.06. The van der Waals surface area contributed by atoms with Crippen LogP contribution in [0.4, 0.5) is 4.39 Å². The van der Waals surface area contributed by atoms with E-state index in [-0.39, 0.29) is 5.82 Å². The van der Waals surface area contributed by atoms with Crippen molar-refractivity contribution in [1.29, 1.82) is 0 Å². The number of hydrogen-bond acceptors (Lipinski definition) is 5. The lowest BCUT2D eigenvalue weighted by Crippen LogP contribution is -2.19. The molecule has 0 aliphatic rings. The third-order valence-electron chi connectivity index (χ3n) is 3.84. The predicted molar refractivity (Wildman–Crippen MR) is 101 cm³/mol. The molecule has 0 saturated heterocycles. The van der Waals surface area contributed by atoms with Gasteiger partial charge in [-0.3, -0.25) is 4.79 Å². The highest BCUT2D eigenvalue weighted by molar-refractivity contribution is 7.20. The first-order valence-electron chi connectivity index (χ1n) is 7.88. The molecule has 0 aliphatic carbocycles. The van der Waals surface area contributed by atoms with Crippen molar-refractivity contribution in [3.05, 3.63) is 58.1 Å². The van der Waals surface area contributed by atoms with E-state index in [2.05, 4.69) is 9.98 Å². The Morgan fingerprint density at radius 3 is 2.88 bits per heavy atom. The van der Waals surface area contributed by atoms with Crippen molar-refractivity contribution >= 4 is 49.0 Å². The molecule has 1 amide bonds. The van der Waals surface area contributed by atoms with Gasteiger partial charge in [0.15, 0.2) is 9.81 Å². The molecule has 2 heterocycles. The molecule has 5 nitrogen and oxygen atoms in total. The molecule has 4 aromatic rings. The van der Waals surface area contributed by atoms with E-state index in [1.165, 1.54) is 34.8 Å². The molecular weight excluding hydrogens is 373 g/mol. The summed E-state index contributed by atoms with van der Waals surface area (Å²) in [5, 5.41) is 0.341. The Labute approximate surface area is 156 Å². The number of ether oxygens (including phenoxy) is 1. The van der Waals surface area contributed by atoms with Gasteiger partial charge in [-0.25, -0.2) is 9.37 Å². The number of hydrogen-bond donors (Lipinski definition) is 0. The van der Waals surface area contributed by atoms with Crippen molar-refractivity contribution < 1.29 is 13.9 Å². The quantitative estimate of drug-likeness (QED) is 0.535. The minimum atomic E-state index is -0.399. The van der Waals surface area contributed by atoms with Gasteiger partial charge in [0.25, 0.3) is 0 Å². The summed E-state index contributed by atoms with van der Waals surface area (Å²) >= 11 is 2.59. The lowest BCUT2D eigenvalue weighted by atomic mass is 10.3. The summed E-state index contributed by atoms with van der Waals surface area (Å²) in [5.41, 5.74) is 1.60. The van der Waals surface area contributed by atoms with Crippen LogP contribution in [-0.2, 0) is 11.3 Å². The summed E-state index contributed by atoms with van der Waals surface area (Å²) in [7, 11) is 1.61. The summed E-state index contributed by atoms with van der Waals surface area (Å²) < 4.78 is 22.2. The third-order valence-corrected chi connectivity index (χ3v) is 5.90. The molecule has 0 fully saturated rings. The average Bonchev–Trinajstić information content (AvgIpc) is 3.20. The number of rotatable bonds is 4. The number of benzene rings is 2. The molecule has 0 aliphatic heterocycles. The van der Waals surface area contributed by atoms with Crippen LogP contribution < -0.4 is 4.80 Å². The number of aromatic nitrogens is 2. The summed E-state index contributed by atoms with van der Waals surface area (Å²) in [6.45, 7) is 0.986. The highest BCUT2D eigenvalue weighted by Gasteiger charge is 2.13. The summed E-state index contributed by atoms with van der Waals surface area (Å²) in [5.74, 6) is -0.717. The standard InChI is InChI=1S/C18H14FN3O2S2/c1-24-9-8-22-13-7-6-11(19)10-15(13)26-18(22)21-16(23)17-20-12-4-2-3-5-14(12)25-17/h2-7,10H,8-9H2,1H3. The van der Waals surface area contributed by atoms with Gasteiger partial charge in [-0.1, -0.05) is 23.5 Å². The Hall–Kier alpha value is -2.42. The molecule has 0 radical (unpaired) electrons. The van der Waals surface area contributed by atoms with Gasteiger partial charge in [0, 0.05) is 13.7 Å². The second-order valence-corrected chi connectivity index (χ2v) is 7.58. The fourth-order valence-electron chi connectivity index (χ4n) is 2.63. The van der Waals surface area contributed by atoms with Crippen molar-refractivity contribution in [3.8, 4) is 0 Å². The molecule has 132 valence electrons. The largest absolute Gasteiger partial charge is 0.383 e. The summed E-state index contributed by atoms with van der Waals surface area (Å²) in [6.07, 6.45) is 0. The van der Waals surface area contributed by atoms with E-state index in [1.807, 2.05) is 28.8 Å². The number of para-hydroxylation sites is 1. The minimum Gasteiger partial charge on any atom is -0.383 e. The first-order valence-corrected chi connectivity index (χ1v) is 9.51. The van der Waals surface area contributed by atoms with Crippen molar-refractivity contribution in [2.24, 2.45) is 4.99 Å². The van der Waals surface area contributed by atoms with E-state index in [0.29, 0.717) is 23.0 Å². The van der Waals surface area contributed by atoms with Crippen LogP contribution in [0.2, 0.25) is 0 Å². The maximum atomic E-state index is 13.5. The number of carbonyl (C=O) groups excluding carboxylic acids is 1. The zero-order valence-electron chi connectivity index (χ0n) is 13.8. The monoisotopic (exact) mass is 387 g/mol. The first-order chi connectivity index (χ1) is 12.7. The molecule has 2 aromatic heterocycles. The number of fused-ring (bicyclic) bond motifs is 2.